The van der Waals surface area contributed by atoms with E-state index in [1.807, 2.05) is 32.0 Å². The molecule has 0 unspecified atom stereocenters. The van der Waals surface area contributed by atoms with E-state index in [0.717, 1.165) is 10.0 Å². The zero-order valence-corrected chi connectivity index (χ0v) is 12.9. The summed E-state index contributed by atoms with van der Waals surface area (Å²) in [5.41, 5.74) is -0.317. The molecule has 102 valence electrons. The first-order chi connectivity index (χ1) is 8.15. The van der Waals surface area contributed by atoms with Crippen molar-refractivity contribution in [2.24, 2.45) is 5.41 Å². The number of aliphatic hydroxyl groups is 2. The molecule has 1 aromatic carbocycles. The molecule has 0 aromatic heterocycles. The van der Waals surface area contributed by atoms with Gasteiger partial charge >= 0.3 is 0 Å². The number of hydrogen-bond acceptors (Lipinski definition) is 3. The van der Waals surface area contributed by atoms with Crippen LogP contribution in [0.15, 0.2) is 22.7 Å². The topological polar surface area (TPSA) is 49.7 Å². The van der Waals surface area contributed by atoms with Gasteiger partial charge in [-0.25, -0.2) is 0 Å². The van der Waals surface area contributed by atoms with E-state index in [-0.39, 0.29) is 12.0 Å². The van der Waals surface area contributed by atoms with Crippen LogP contribution >= 0.6 is 15.9 Å². The van der Waals surface area contributed by atoms with Crippen LogP contribution in [-0.4, -0.2) is 23.4 Å². The number of halogens is 1. The van der Waals surface area contributed by atoms with Crippen LogP contribution in [0.2, 0.25) is 0 Å². The van der Waals surface area contributed by atoms with E-state index in [1.165, 1.54) is 0 Å². The van der Waals surface area contributed by atoms with Gasteiger partial charge in [-0.2, -0.15) is 0 Å². The van der Waals surface area contributed by atoms with Gasteiger partial charge in [-0.1, -0.05) is 19.9 Å². The molecule has 1 rings (SSSR count). The predicted molar refractivity (Wildman–Crippen MR) is 75.7 cm³/mol. The molecule has 0 aliphatic heterocycles. The molecule has 0 aliphatic carbocycles. The lowest BCUT2D eigenvalue weighted by Gasteiger charge is -2.23. The Balaban J connectivity index is 2.81. The molecule has 4 heteroatoms. The Hall–Kier alpha value is -0.580. The van der Waals surface area contributed by atoms with Crippen molar-refractivity contribution < 1.29 is 14.9 Å². The van der Waals surface area contributed by atoms with Gasteiger partial charge in [-0.15, -0.1) is 0 Å². The van der Waals surface area contributed by atoms with Gasteiger partial charge in [0.15, 0.2) is 0 Å². The Morgan fingerprint density at radius 2 is 1.83 bits per heavy atom. The van der Waals surface area contributed by atoms with Crippen molar-refractivity contribution in [1.82, 2.24) is 0 Å². The summed E-state index contributed by atoms with van der Waals surface area (Å²) >= 11 is 3.43. The predicted octanol–water partition coefficient (Wildman–Crippen LogP) is 3.07. The summed E-state index contributed by atoms with van der Waals surface area (Å²) in [4.78, 5) is 0. The quantitative estimate of drug-likeness (QED) is 0.877. The highest BCUT2D eigenvalue weighted by molar-refractivity contribution is 9.10. The SMILES string of the molecule is CC(C)(CO)COc1ccc(C(C)(C)O)cc1Br. The lowest BCUT2D eigenvalue weighted by Crippen LogP contribution is -2.25. The lowest BCUT2D eigenvalue weighted by molar-refractivity contribution is 0.0781. The minimum atomic E-state index is -0.870. The van der Waals surface area contributed by atoms with E-state index < -0.39 is 5.60 Å². The first-order valence-electron chi connectivity index (χ1n) is 5.92. The summed E-state index contributed by atoms with van der Waals surface area (Å²) < 4.78 is 6.47. The maximum atomic E-state index is 9.91. The van der Waals surface area contributed by atoms with Gasteiger partial charge in [0.25, 0.3) is 0 Å². The number of benzene rings is 1. The smallest absolute Gasteiger partial charge is 0.133 e. The average Bonchev–Trinajstić information content (AvgIpc) is 2.26. The van der Waals surface area contributed by atoms with Crippen molar-refractivity contribution in [1.29, 1.82) is 0 Å². The Labute approximate surface area is 117 Å². The van der Waals surface area contributed by atoms with Gasteiger partial charge in [0, 0.05) is 5.41 Å². The highest BCUT2D eigenvalue weighted by Crippen LogP contribution is 2.31. The minimum Gasteiger partial charge on any atom is -0.492 e. The summed E-state index contributed by atoms with van der Waals surface area (Å²) in [5.74, 6) is 0.713. The van der Waals surface area contributed by atoms with E-state index in [1.54, 1.807) is 13.8 Å². The lowest BCUT2D eigenvalue weighted by atomic mass is 9.96. The first kappa shape index (κ1) is 15.5. The highest BCUT2D eigenvalue weighted by atomic mass is 79.9. The summed E-state index contributed by atoms with van der Waals surface area (Å²) in [6, 6.07) is 5.51. The second kappa shape index (κ2) is 5.59. The molecule has 0 amide bonds. The van der Waals surface area contributed by atoms with E-state index in [2.05, 4.69) is 15.9 Å². The largest absolute Gasteiger partial charge is 0.492 e. The Morgan fingerprint density at radius 3 is 2.28 bits per heavy atom. The van der Waals surface area contributed by atoms with Crippen LogP contribution in [0.25, 0.3) is 0 Å². The molecular weight excluding hydrogens is 296 g/mol. The summed E-state index contributed by atoms with van der Waals surface area (Å²) in [5, 5.41) is 19.1. The fraction of sp³-hybridized carbons (Fsp3) is 0.571. The Morgan fingerprint density at radius 1 is 1.22 bits per heavy atom. The van der Waals surface area contributed by atoms with Crippen molar-refractivity contribution in [2.75, 3.05) is 13.2 Å². The molecular formula is C14H21BrO3. The third-order valence-corrected chi connectivity index (χ3v) is 3.30. The van der Waals surface area contributed by atoms with Gasteiger partial charge in [0.05, 0.1) is 23.3 Å². The molecule has 0 saturated carbocycles. The molecule has 0 saturated heterocycles. The Kier molecular flexibility index (Phi) is 4.81. The van der Waals surface area contributed by atoms with Crippen LogP contribution in [0, 0.1) is 5.41 Å². The van der Waals surface area contributed by atoms with Crippen LogP contribution in [0.3, 0.4) is 0 Å². The molecule has 0 atom stereocenters. The number of ether oxygens (including phenoxy) is 1. The minimum absolute atomic E-state index is 0.0758. The van der Waals surface area contributed by atoms with Gasteiger partial charge in [-0.3, -0.25) is 0 Å². The fourth-order valence-electron chi connectivity index (χ4n) is 1.32. The number of aliphatic hydroxyl groups excluding tert-OH is 1. The van der Waals surface area contributed by atoms with Crippen molar-refractivity contribution in [3.05, 3.63) is 28.2 Å². The fourth-order valence-corrected chi connectivity index (χ4v) is 1.81. The maximum Gasteiger partial charge on any atom is 0.133 e. The third kappa shape index (κ3) is 4.26. The van der Waals surface area contributed by atoms with Gasteiger partial charge in [0.2, 0.25) is 0 Å². The van der Waals surface area contributed by atoms with Crippen LogP contribution in [-0.2, 0) is 5.60 Å². The van der Waals surface area contributed by atoms with Crippen molar-refractivity contribution in [3.8, 4) is 5.75 Å². The van der Waals surface area contributed by atoms with Gasteiger partial charge < -0.3 is 14.9 Å². The average molecular weight is 317 g/mol. The standard InChI is InChI=1S/C14H21BrO3/c1-13(2,8-16)9-18-12-6-5-10(7-11(12)15)14(3,4)17/h5-7,16-17H,8-9H2,1-4H3. The van der Waals surface area contributed by atoms with Crippen LogP contribution in [0.4, 0.5) is 0 Å². The van der Waals surface area contributed by atoms with Gasteiger partial charge in [-0.05, 0) is 47.5 Å². The molecule has 0 spiro atoms. The molecule has 0 fully saturated rings. The second-order valence-corrected chi connectivity index (χ2v) is 6.67. The summed E-state index contributed by atoms with van der Waals surface area (Å²) in [7, 11) is 0. The normalized spacial score (nSPS) is 12.6. The van der Waals surface area contributed by atoms with Crippen LogP contribution in [0.1, 0.15) is 33.3 Å². The molecule has 0 heterocycles. The number of rotatable bonds is 5. The highest BCUT2D eigenvalue weighted by Gasteiger charge is 2.20. The molecule has 18 heavy (non-hydrogen) atoms. The van der Waals surface area contributed by atoms with E-state index in [9.17, 15) is 5.11 Å². The monoisotopic (exact) mass is 316 g/mol. The summed E-state index contributed by atoms with van der Waals surface area (Å²) in [6.45, 7) is 7.86. The first-order valence-corrected chi connectivity index (χ1v) is 6.71. The van der Waals surface area contributed by atoms with Crippen molar-refractivity contribution in [2.45, 2.75) is 33.3 Å². The van der Waals surface area contributed by atoms with Gasteiger partial charge in [0.1, 0.15) is 5.75 Å². The maximum absolute atomic E-state index is 9.91. The number of hydrogen-bond donors (Lipinski definition) is 2. The molecule has 0 bridgehead atoms. The molecule has 0 aliphatic rings. The third-order valence-electron chi connectivity index (χ3n) is 2.68. The summed E-state index contributed by atoms with van der Waals surface area (Å²) in [6.07, 6.45) is 0. The van der Waals surface area contributed by atoms with E-state index >= 15 is 0 Å². The zero-order chi connectivity index (χ0) is 14.0. The Bertz CT molecular complexity index is 408. The molecule has 1 aromatic rings. The van der Waals surface area contributed by atoms with E-state index in [4.69, 9.17) is 9.84 Å². The van der Waals surface area contributed by atoms with Crippen LogP contribution < -0.4 is 4.74 Å². The zero-order valence-electron chi connectivity index (χ0n) is 11.3. The molecule has 3 nitrogen and oxygen atoms in total. The van der Waals surface area contributed by atoms with E-state index in [0.29, 0.717) is 12.4 Å². The molecule has 2 N–H and O–H groups in total. The molecule has 0 radical (unpaired) electrons. The second-order valence-electron chi connectivity index (χ2n) is 5.82. The van der Waals surface area contributed by atoms with Crippen molar-refractivity contribution in [3.63, 3.8) is 0 Å². The van der Waals surface area contributed by atoms with Crippen LogP contribution in [0.5, 0.6) is 5.75 Å². The van der Waals surface area contributed by atoms with Crippen molar-refractivity contribution >= 4 is 15.9 Å².